The highest BCUT2D eigenvalue weighted by Crippen LogP contribution is 2.22. The number of sulfonamides is 1. The van der Waals surface area contributed by atoms with Gasteiger partial charge in [0, 0.05) is 0 Å². The van der Waals surface area contributed by atoms with Crippen LogP contribution in [0.3, 0.4) is 0 Å². The number of anilines is 1. The minimum atomic E-state index is -3.82. The van der Waals surface area contributed by atoms with E-state index >= 15 is 0 Å². The van der Waals surface area contributed by atoms with E-state index in [2.05, 4.69) is 4.72 Å². The Morgan fingerprint density at radius 1 is 0.810 bits per heavy atom. The quantitative estimate of drug-likeness (QED) is 0.800. The molecule has 0 aliphatic carbocycles. The molecule has 0 bridgehead atoms. The third kappa shape index (κ3) is 2.73. The first-order valence-corrected chi connectivity index (χ1v) is 7.81. The molecule has 3 aromatic carbocycles. The summed E-state index contributed by atoms with van der Waals surface area (Å²) < 4.78 is 40.5. The fourth-order valence-corrected chi connectivity index (χ4v) is 3.18. The van der Waals surface area contributed by atoms with Crippen LogP contribution in [0.15, 0.2) is 71.6 Å². The fraction of sp³-hybridized carbons (Fsp3) is 0. The van der Waals surface area contributed by atoms with Gasteiger partial charge in [0.25, 0.3) is 10.0 Å². The zero-order chi connectivity index (χ0) is 14.9. The maximum absolute atomic E-state index is 13.6. The second-order valence-corrected chi connectivity index (χ2v) is 6.28. The van der Waals surface area contributed by atoms with Crippen molar-refractivity contribution in [1.82, 2.24) is 0 Å². The standard InChI is InChI=1S/C16H12FNO2S/c17-15-7-3-4-8-16(15)18-21(19,20)14-10-9-12-5-1-2-6-13(12)11-14/h1-11,18H. The van der Waals surface area contributed by atoms with E-state index in [-0.39, 0.29) is 10.6 Å². The van der Waals surface area contributed by atoms with Crippen molar-refractivity contribution < 1.29 is 12.8 Å². The van der Waals surface area contributed by atoms with E-state index in [1.807, 2.05) is 24.3 Å². The first-order valence-electron chi connectivity index (χ1n) is 6.32. The summed E-state index contributed by atoms with van der Waals surface area (Å²) >= 11 is 0. The molecule has 0 saturated carbocycles. The summed E-state index contributed by atoms with van der Waals surface area (Å²) in [5.41, 5.74) is -0.0642. The molecule has 0 aliphatic rings. The van der Waals surface area contributed by atoms with Crippen molar-refractivity contribution in [3.8, 4) is 0 Å². The Labute approximate surface area is 122 Å². The summed E-state index contributed by atoms with van der Waals surface area (Å²) in [6, 6.07) is 17.9. The van der Waals surface area contributed by atoms with Gasteiger partial charge >= 0.3 is 0 Å². The summed E-state index contributed by atoms with van der Waals surface area (Å²) in [5.74, 6) is -0.609. The highest BCUT2D eigenvalue weighted by Gasteiger charge is 2.16. The number of hydrogen-bond acceptors (Lipinski definition) is 2. The summed E-state index contributed by atoms with van der Waals surface area (Å²) in [5, 5.41) is 1.76. The van der Waals surface area contributed by atoms with E-state index in [0.717, 1.165) is 10.8 Å². The normalized spacial score (nSPS) is 11.5. The maximum Gasteiger partial charge on any atom is 0.262 e. The van der Waals surface area contributed by atoms with E-state index in [1.54, 1.807) is 18.2 Å². The van der Waals surface area contributed by atoms with Gasteiger partial charge < -0.3 is 0 Å². The van der Waals surface area contributed by atoms with Crippen LogP contribution in [0.2, 0.25) is 0 Å². The van der Waals surface area contributed by atoms with Crippen LogP contribution in [0.1, 0.15) is 0 Å². The van der Waals surface area contributed by atoms with Crippen LogP contribution in [0.25, 0.3) is 10.8 Å². The van der Waals surface area contributed by atoms with Crippen LogP contribution in [-0.4, -0.2) is 8.42 Å². The Morgan fingerprint density at radius 2 is 1.48 bits per heavy atom. The number of halogens is 1. The number of benzene rings is 3. The Morgan fingerprint density at radius 3 is 2.24 bits per heavy atom. The molecule has 0 heterocycles. The predicted molar refractivity (Wildman–Crippen MR) is 81.2 cm³/mol. The lowest BCUT2D eigenvalue weighted by atomic mass is 10.1. The molecule has 0 saturated heterocycles. The summed E-state index contributed by atoms with van der Waals surface area (Å²) in [7, 11) is -3.82. The molecule has 0 amide bonds. The van der Waals surface area contributed by atoms with Gasteiger partial charge in [-0.15, -0.1) is 0 Å². The SMILES string of the molecule is O=S(=O)(Nc1ccccc1F)c1ccc2ccccc2c1. The van der Waals surface area contributed by atoms with Crippen LogP contribution in [0.5, 0.6) is 0 Å². The Balaban J connectivity index is 2.02. The Hall–Kier alpha value is -2.40. The molecular weight excluding hydrogens is 289 g/mol. The van der Waals surface area contributed by atoms with Crippen molar-refractivity contribution in [2.24, 2.45) is 0 Å². The van der Waals surface area contributed by atoms with Crippen LogP contribution < -0.4 is 4.72 Å². The third-order valence-electron chi connectivity index (χ3n) is 3.15. The van der Waals surface area contributed by atoms with Gasteiger partial charge in [0.1, 0.15) is 5.82 Å². The van der Waals surface area contributed by atoms with Gasteiger partial charge in [-0.2, -0.15) is 0 Å². The van der Waals surface area contributed by atoms with Crippen LogP contribution in [0, 0.1) is 5.82 Å². The topological polar surface area (TPSA) is 46.2 Å². The van der Waals surface area contributed by atoms with Crippen molar-refractivity contribution in [1.29, 1.82) is 0 Å². The zero-order valence-electron chi connectivity index (χ0n) is 11.0. The molecule has 0 radical (unpaired) electrons. The molecule has 1 N–H and O–H groups in total. The highest BCUT2D eigenvalue weighted by atomic mass is 32.2. The minimum Gasteiger partial charge on any atom is -0.277 e. The lowest BCUT2D eigenvalue weighted by molar-refractivity contribution is 0.598. The fourth-order valence-electron chi connectivity index (χ4n) is 2.08. The van der Waals surface area contributed by atoms with E-state index in [0.29, 0.717) is 0 Å². The number of hydrogen-bond donors (Lipinski definition) is 1. The van der Waals surface area contributed by atoms with Crippen molar-refractivity contribution in [3.05, 3.63) is 72.5 Å². The van der Waals surface area contributed by atoms with Crippen molar-refractivity contribution in [2.45, 2.75) is 4.90 Å². The number of nitrogens with one attached hydrogen (secondary N) is 1. The number of rotatable bonds is 3. The van der Waals surface area contributed by atoms with E-state index in [4.69, 9.17) is 0 Å². The van der Waals surface area contributed by atoms with E-state index in [1.165, 1.54) is 24.3 Å². The molecule has 21 heavy (non-hydrogen) atoms. The first kappa shape index (κ1) is 13.6. The Kier molecular flexibility index (Phi) is 3.35. The van der Waals surface area contributed by atoms with Crippen molar-refractivity contribution >= 4 is 26.5 Å². The Bertz CT molecular complexity index is 907. The number of para-hydroxylation sites is 1. The van der Waals surface area contributed by atoms with Crippen LogP contribution in [-0.2, 0) is 10.0 Å². The smallest absolute Gasteiger partial charge is 0.262 e. The molecule has 0 spiro atoms. The van der Waals surface area contributed by atoms with Gasteiger partial charge in [-0.05, 0) is 35.0 Å². The minimum absolute atomic E-state index is 0.0642. The van der Waals surface area contributed by atoms with Gasteiger partial charge in [0.05, 0.1) is 10.6 Å². The average molecular weight is 301 g/mol. The molecule has 3 rings (SSSR count). The van der Waals surface area contributed by atoms with Gasteiger partial charge in [0.2, 0.25) is 0 Å². The third-order valence-corrected chi connectivity index (χ3v) is 4.51. The van der Waals surface area contributed by atoms with E-state index in [9.17, 15) is 12.8 Å². The summed E-state index contributed by atoms with van der Waals surface area (Å²) in [6.45, 7) is 0. The molecule has 0 fully saturated rings. The second kappa shape index (κ2) is 5.18. The van der Waals surface area contributed by atoms with Gasteiger partial charge in [-0.1, -0.05) is 42.5 Å². The maximum atomic E-state index is 13.6. The molecule has 0 atom stereocenters. The molecule has 106 valence electrons. The van der Waals surface area contributed by atoms with Crippen molar-refractivity contribution in [3.63, 3.8) is 0 Å². The molecule has 3 nitrogen and oxygen atoms in total. The largest absolute Gasteiger partial charge is 0.277 e. The lowest BCUT2D eigenvalue weighted by Gasteiger charge is -2.09. The van der Waals surface area contributed by atoms with Crippen LogP contribution in [0.4, 0.5) is 10.1 Å². The molecular formula is C16H12FNO2S. The monoisotopic (exact) mass is 301 g/mol. The number of fused-ring (bicyclic) bond motifs is 1. The zero-order valence-corrected chi connectivity index (χ0v) is 11.8. The van der Waals surface area contributed by atoms with Crippen LogP contribution >= 0.6 is 0 Å². The van der Waals surface area contributed by atoms with Gasteiger partial charge in [-0.3, -0.25) is 4.72 Å². The predicted octanol–water partition coefficient (Wildman–Crippen LogP) is 3.78. The molecule has 3 aromatic rings. The highest BCUT2D eigenvalue weighted by molar-refractivity contribution is 7.92. The first-order chi connectivity index (χ1) is 10.1. The second-order valence-electron chi connectivity index (χ2n) is 4.59. The van der Waals surface area contributed by atoms with Crippen molar-refractivity contribution in [2.75, 3.05) is 4.72 Å². The van der Waals surface area contributed by atoms with Gasteiger partial charge in [0.15, 0.2) is 0 Å². The molecule has 0 unspecified atom stereocenters. The van der Waals surface area contributed by atoms with Gasteiger partial charge in [-0.25, -0.2) is 12.8 Å². The van der Waals surface area contributed by atoms with E-state index < -0.39 is 15.8 Å². The molecule has 0 aromatic heterocycles. The molecule has 5 heteroatoms. The molecule has 0 aliphatic heterocycles. The summed E-state index contributed by atoms with van der Waals surface area (Å²) in [4.78, 5) is 0.101. The average Bonchev–Trinajstić information content (AvgIpc) is 2.49. The summed E-state index contributed by atoms with van der Waals surface area (Å²) in [6.07, 6.45) is 0. The lowest BCUT2D eigenvalue weighted by Crippen LogP contribution is -2.13.